The van der Waals surface area contributed by atoms with Gasteiger partial charge in [0.1, 0.15) is 0 Å². The molecule has 0 spiro atoms. The third-order valence-electron chi connectivity index (χ3n) is 3.79. The molecule has 1 unspecified atom stereocenters. The van der Waals surface area contributed by atoms with Crippen molar-refractivity contribution in [2.75, 3.05) is 13.1 Å². The van der Waals surface area contributed by atoms with Crippen LogP contribution in [-0.2, 0) is 4.79 Å². The minimum atomic E-state index is -1.04. The fourth-order valence-corrected chi connectivity index (χ4v) is 2.53. The van der Waals surface area contributed by atoms with Crippen LogP contribution in [0.2, 0.25) is 0 Å². The van der Waals surface area contributed by atoms with Gasteiger partial charge in [0.15, 0.2) is 0 Å². The van der Waals surface area contributed by atoms with Crippen molar-refractivity contribution in [1.29, 1.82) is 0 Å². The van der Waals surface area contributed by atoms with E-state index in [1.54, 1.807) is 12.3 Å². The first kappa shape index (κ1) is 15.2. The highest BCUT2D eigenvalue weighted by molar-refractivity contribution is 5.98. The number of carboxylic acids is 1. The van der Waals surface area contributed by atoms with E-state index >= 15 is 0 Å². The van der Waals surface area contributed by atoms with E-state index in [1.807, 2.05) is 4.90 Å². The lowest BCUT2D eigenvalue weighted by atomic mass is 10.0. The van der Waals surface area contributed by atoms with E-state index in [0.717, 1.165) is 38.4 Å². The molecule has 1 aliphatic heterocycles. The Hall–Kier alpha value is -2.17. The number of pyridine rings is 1. The summed E-state index contributed by atoms with van der Waals surface area (Å²) >= 11 is 0. The quantitative estimate of drug-likeness (QED) is 0.867. The summed E-state index contributed by atoms with van der Waals surface area (Å²) in [5.74, 6) is -0.441. The zero-order valence-corrected chi connectivity index (χ0v) is 12.2. The number of aromatic nitrogens is 1. The molecule has 21 heavy (non-hydrogen) atoms. The van der Waals surface area contributed by atoms with Crippen LogP contribution in [0.5, 0.6) is 0 Å². The number of carbonyl (C=O) groups excluding carboxylic acids is 1. The van der Waals surface area contributed by atoms with Crippen molar-refractivity contribution >= 4 is 18.0 Å². The normalized spacial score (nSPS) is 19.5. The maximum Gasteiger partial charge on any atom is 0.328 e. The van der Waals surface area contributed by atoms with E-state index in [0.29, 0.717) is 17.0 Å². The Morgan fingerprint density at radius 2 is 2.19 bits per heavy atom. The Labute approximate surface area is 124 Å². The van der Waals surface area contributed by atoms with Gasteiger partial charge in [-0.25, -0.2) is 4.79 Å². The summed E-state index contributed by atoms with van der Waals surface area (Å²) < 4.78 is 0. The summed E-state index contributed by atoms with van der Waals surface area (Å²) in [5.41, 5.74) is 1.05. The van der Waals surface area contributed by atoms with Gasteiger partial charge in [-0.3, -0.25) is 9.78 Å². The first-order chi connectivity index (χ1) is 10.1. The van der Waals surface area contributed by atoms with Crippen molar-refractivity contribution in [3.63, 3.8) is 0 Å². The van der Waals surface area contributed by atoms with Crippen LogP contribution in [0.1, 0.15) is 42.1 Å². The first-order valence-electron chi connectivity index (χ1n) is 7.22. The van der Waals surface area contributed by atoms with Crippen LogP contribution in [0, 0.1) is 5.92 Å². The molecule has 1 aromatic heterocycles. The Bertz CT molecular complexity index is 554. The van der Waals surface area contributed by atoms with Gasteiger partial charge in [-0.2, -0.15) is 0 Å². The second-order valence-electron chi connectivity index (χ2n) is 5.46. The van der Waals surface area contributed by atoms with E-state index in [-0.39, 0.29) is 5.91 Å². The summed E-state index contributed by atoms with van der Waals surface area (Å²) in [6.07, 6.45) is 8.70. The Morgan fingerprint density at radius 3 is 2.95 bits per heavy atom. The number of carboxylic acid groups (broad SMARTS) is 1. The Balaban J connectivity index is 2.20. The van der Waals surface area contributed by atoms with Crippen LogP contribution in [0.25, 0.3) is 6.08 Å². The van der Waals surface area contributed by atoms with Crippen molar-refractivity contribution in [2.24, 2.45) is 5.92 Å². The van der Waals surface area contributed by atoms with Crippen molar-refractivity contribution in [3.05, 3.63) is 35.7 Å². The summed E-state index contributed by atoms with van der Waals surface area (Å²) in [6.45, 7) is 3.72. The monoisotopic (exact) mass is 288 g/mol. The second-order valence-corrected chi connectivity index (χ2v) is 5.46. The Kier molecular flexibility index (Phi) is 5.09. The van der Waals surface area contributed by atoms with Crippen LogP contribution in [0.3, 0.4) is 0 Å². The second kappa shape index (κ2) is 7.02. The first-order valence-corrected chi connectivity index (χ1v) is 7.22. The third-order valence-corrected chi connectivity index (χ3v) is 3.79. The molecule has 5 heteroatoms. The minimum absolute atomic E-state index is 0.0449. The predicted molar refractivity (Wildman–Crippen MR) is 79.8 cm³/mol. The molecule has 0 aromatic carbocycles. The van der Waals surface area contributed by atoms with Gasteiger partial charge < -0.3 is 10.0 Å². The zero-order chi connectivity index (χ0) is 15.2. The van der Waals surface area contributed by atoms with Gasteiger partial charge in [0.2, 0.25) is 0 Å². The molecular weight excluding hydrogens is 268 g/mol. The lowest BCUT2D eigenvalue weighted by Crippen LogP contribution is -2.32. The van der Waals surface area contributed by atoms with Crippen LogP contribution in [0.4, 0.5) is 0 Å². The number of likely N-dealkylation sites (tertiary alicyclic amines) is 1. The van der Waals surface area contributed by atoms with E-state index in [2.05, 4.69) is 11.9 Å². The van der Waals surface area contributed by atoms with Gasteiger partial charge in [-0.15, -0.1) is 0 Å². The molecule has 1 fully saturated rings. The lowest BCUT2D eigenvalue weighted by Gasteiger charge is -2.21. The molecule has 2 rings (SSSR count). The Morgan fingerprint density at radius 1 is 1.38 bits per heavy atom. The number of hydrogen-bond acceptors (Lipinski definition) is 3. The highest BCUT2D eigenvalue weighted by Crippen LogP contribution is 2.19. The maximum absolute atomic E-state index is 12.6. The van der Waals surface area contributed by atoms with Gasteiger partial charge in [-0.05, 0) is 37.3 Å². The lowest BCUT2D eigenvalue weighted by molar-refractivity contribution is -0.131. The molecule has 0 bridgehead atoms. The number of carbonyl (C=O) groups is 2. The fraction of sp³-hybridized carbons (Fsp3) is 0.438. The van der Waals surface area contributed by atoms with Gasteiger partial charge in [-0.1, -0.05) is 6.92 Å². The number of hydrogen-bond donors (Lipinski definition) is 1. The summed E-state index contributed by atoms with van der Waals surface area (Å²) in [7, 11) is 0. The highest BCUT2D eigenvalue weighted by Gasteiger charge is 2.21. The van der Waals surface area contributed by atoms with Crippen LogP contribution < -0.4 is 0 Å². The summed E-state index contributed by atoms with van der Waals surface area (Å²) in [6, 6.07) is 1.65. The maximum atomic E-state index is 12.6. The number of rotatable bonds is 3. The predicted octanol–water partition coefficient (Wildman–Crippen LogP) is 2.44. The van der Waals surface area contributed by atoms with Gasteiger partial charge in [0, 0.05) is 42.7 Å². The van der Waals surface area contributed by atoms with Crippen molar-refractivity contribution in [1.82, 2.24) is 9.88 Å². The standard InChI is InChI=1S/C16H20N2O3/c1-12-3-2-9-18(10-7-12)16(21)14-6-8-17-11-13(14)4-5-15(19)20/h4-6,8,11-12H,2-3,7,9-10H2,1H3,(H,19,20). The molecule has 0 saturated carbocycles. The van der Waals surface area contributed by atoms with Gasteiger partial charge in [0.05, 0.1) is 0 Å². The number of aliphatic carboxylic acids is 1. The fourth-order valence-electron chi connectivity index (χ4n) is 2.53. The molecule has 1 aromatic rings. The van der Waals surface area contributed by atoms with Crippen molar-refractivity contribution in [3.8, 4) is 0 Å². The SMILES string of the molecule is CC1CCCN(C(=O)c2ccncc2C=CC(=O)O)CC1. The van der Waals surface area contributed by atoms with Gasteiger partial charge in [0.25, 0.3) is 5.91 Å². The van der Waals surface area contributed by atoms with Crippen molar-refractivity contribution in [2.45, 2.75) is 26.2 Å². The molecule has 1 N–H and O–H groups in total. The number of amides is 1. The average molecular weight is 288 g/mol. The zero-order valence-electron chi connectivity index (χ0n) is 12.2. The minimum Gasteiger partial charge on any atom is -0.478 e. The molecule has 0 radical (unpaired) electrons. The molecule has 1 amide bonds. The highest BCUT2D eigenvalue weighted by atomic mass is 16.4. The van der Waals surface area contributed by atoms with Gasteiger partial charge >= 0.3 is 5.97 Å². The molecule has 0 aliphatic carbocycles. The van der Waals surface area contributed by atoms with E-state index in [1.165, 1.54) is 12.3 Å². The molecule has 112 valence electrons. The van der Waals surface area contributed by atoms with Crippen LogP contribution >= 0.6 is 0 Å². The summed E-state index contributed by atoms with van der Waals surface area (Å²) in [5, 5.41) is 8.72. The molecule has 1 saturated heterocycles. The molecule has 2 heterocycles. The summed E-state index contributed by atoms with van der Waals surface area (Å²) in [4.78, 5) is 29.1. The largest absolute Gasteiger partial charge is 0.478 e. The molecule has 5 nitrogen and oxygen atoms in total. The topological polar surface area (TPSA) is 70.5 Å². The number of nitrogens with zero attached hydrogens (tertiary/aromatic N) is 2. The smallest absolute Gasteiger partial charge is 0.328 e. The molecule has 1 atom stereocenters. The third kappa shape index (κ3) is 4.15. The molecule has 1 aliphatic rings. The van der Waals surface area contributed by atoms with Crippen molar-refractivity contribution < 1.29 is 14.7 Å². The van der Waals surface area contributed by atoms with E-state index in [4.69, 9.17) is 5.11 Å². The van der Waals surface area contributed by atoms with Crippen LogP contribution in [0.15, 0.2) is 24.5 Å². The van der Waals surface area contributed by atoms with Crippen LogP contribution in [-0.4, -0.2) is 40.0 Å². The average Bonchev–Trinajstić information content (AvgIpc) is 2.69. The van der Waals surface area contributed by atoms with E-state index < -0.39 is 5.97 Å². The molecular formula is C16H20N2O3. The van der Waals surface area contributed by atoms with E-state index in [9.17, 15) is 9.59 Å².